The molecule has 0 unspecified atom stereocenters. The molecule has 17 heavy (non-hydrogen) atoms. The van der Waals surface area contributed by atoms with Crippen molar-refractivity contribution in [3.8, 4) is 0 Å². The van der Waals surface area contributed by atoms with Crippen LogP contribution in [-0.4, -0.2) is 19.8 Å². The van der Waals surface area contributed by atoms with Gasteiger partial charge in [-0.1, -0.05) is 0 Å². The molecule has 0 aliphatic carbocycles. The Bertz CT molecular complexity index is 406. The summed E-state index contributed by atoms with van der Waals surface area (Å²) in [5, 5.41) is 0. The number of nitrogen functional groups attached to an aromatic ring is 1. The number of benzene rings is 1. The molecular weight excluding hydrogens is 351 g/mol. The minimum absolute atomic E-state index is 0.256. The summed E-state index contributed by atoms with van der Waals surface area (Å²) < 4.78 is 49.8. The van der Waals surface area contributed by atoms with Crippen molar-refractivity contribution in [3.63, 3.8) is 0 Å². The number of rotatable bonds is 3. The van der Waals surface area contributed by atoms with E-state index in [1.54, 1.807) is 22.6 Å². The maximum atomic E-state index is 13.3. The summed E-state index contributed by atoms with van der Waals surface area (Å²) in [6, 6.07) is 2.54. The summed E-state index contributed by atoms with van der Waals surface area (Å²) in [5.74, 6) is -0.492. The Morgan fingerprint density at radius 3 is 2.47 bits per heavy atom. The fourth-order valence-electron chi connectivity index (χ4n) is 1.30. The van der Waals surface area contributed by atoms with Crippen LogP contribution in [0.25, 0.3) is 0 Å². The molecule has 0 fully saturated rings. The second-order valence-electron chi connectivity index (χ2n) is 3.61. The third kappa shape index (κ3) is 4.21. The maximum Gasteiger partial charge on any atom is 0.390 e. The molecule has 0 aliphatic rings. The molecule has 0 radical (unpaired) electrons. The van der Waals surface area contributed by atoms with Crippen LogP contribution < -0.4 is 10.6 Å². The lowest BCUT2D eigenvalue weighted by Crippen LogP contribution is -2.25. The van der Waals surface area contributed by atoms with Crippen LogP contribution in [0.2, 0.25) is 0 Å². The van der Waals surface area contributed by atoms with Gasteiger partial charge in [-0.2, -0.15) is 13.2 Å². The zero-order valence-corrected chi connectivity index (χ0v) is 11.1. The van der Waals surface area contributed by atoms with E-state index < -0.39 is 18.4 Å². The zero-order chi connectivity index (χ0) is 13.2. The van der Waals surface area contributed by atoms with Crippen molar-refractivity contribution in [2.75, 3.05) is 24.2 Å². The highest BCUT2D eigenvalue weighted by Gasteiger charge is 2.27. The second kappa shape index (κ2) is 5.28. The third-order valence-electron chi connectivity index (χ3n) is 2.21. The van der Waals surface area contributed by atoms with E-state index in [0.29, 0.717) is 3.57 Å². The number of anilines is 2. The Balaban J connectivity index is 2.82. The van der Waals surface area contributed by atoms with Gasteiger partial charge in [-0.3, -0.25) is 0 Å². The van der Waals surface area contributed by atoms with Gasteiger partial charge in [-0.15, -0.1) is 0 Å². The van der Waals surface area contributed by atoms with Crippen molar-refractivity contribution in [1.82, 2.24) is 0 Å². The molecule has 0 aliphatic heterocycles. The molecule has 1 rings (SSSR count). The SMILES string of the molecule is CN(CCC(F)(F)F)c1cc(F)c(I)cc1N. The van der Waals surface area contributed by atoms with Gasteiger partial charge in [0, 0.05) is 19.7 Å². The van der Waals surface area contributed by atoms with Gasteiger partial charge in [0.2, 0.25) is 0 Å². The molecule has 0 bridgehead atoms. The predicted molar refractivity (Wildman–Crippen MR) is 67.5 cm³/mol. The summed E-state index contributed by atoms with van der Waals surface area (Å²) in [4.78, 5) is 1.29. The standard InChI is InChI=1S/C10H11F4IN2/c1-17(3-2-10(12,13)14)9-4-6(11)7(15)5-8(9)16/h4-5H,2-3,16H2,1H3. The molecule has 0 saturated heterocycles. The molecule has 1 aromatic carbocycles. The van der Waals surface area contributed by atoms with Crippen molar-refractivity contribution < 1.29 is 17.6 Å². The summed E-state index contributed by atoms with van der Waals surface area (Å²) in [5.41, 5.74) is 6.17. The van der Waals surface area contributed by atoms with Gasteiger partial charge in [0.15, 0.2) is 0 Å². The molecular formula is C10H11F4IN2. The number of nitrogens with zero attached hydrogens (tertiary/aromatic N) is 1. The van der Waals surface area contributed by atoms with Crippen molar-refractivity contribution in [3.05, 3.63) is 21.5 Å². The minimum atomic E-state index is -4.23. The summed E-state index contributed by atoms with van der Waals surface area (Å²) >= 11 is 1.77. The lowest BCUT2D eigenvalue weighted by molar-refractivity contribution is -0.132. The van der Waals surface area contributed by atoms with Crippen LogP contribution in [0.15, 0.2) is 12.1 Å². The maximum absolute atomic E-state index is 13.3. The van der Waals surface area contributed by atoms with Crippen molar-refractivity contribution in [2.45, 2.75) is 12.6 Å². The Morgan fingerprint density at radius 1 is 1.35 bits per heavy atom. The first-order valence-electron chi connectivity index (χ1n) is 4.73. The van der Waals surface area contributed by atoms with Gasteiger partial charge in [-0.05, 0) is 28.7 Å². The number of alkyl halides is 3. The van der Waals surface area contributed by atoms with Crippen LogP contribution in [-0.2, 0) is 0 Å². The van der Waals surface area contributed by atoms with Crippen molar-refractivity contribution >= 4 is 34.0 Å². The Kier molecular flexibility index (Phi) is 4.45. The smallest absolute Gasteiger partial charge is 0.390 e. The first-order valence-corrected chi connectivity index (χ1v) is 5.81. The molecule has 0 atom stereocenters. The quantitative estimate of drug-likeness (QED) is 0.508. The number of halogens is 5. The van der Waals surface area contributed by atoms with E-state index in [-0.39, 0.29) is 17.9 Å². The number of hydrogen-bond acceptors (Lipinski definition) is 2. The van der Waals surface area contributed by atoms with Crippen LogP contribution in [0.5, 0.6) is 0 Å². The van der Waals surface area contributed by atoms with Crippen LogP contribution in [0, 0.1) is 9.39 Å². The zero-order valence-electron chi connectivity index (χ0n) is 8.98. The van der Waals surface area contributed by atoms with E-state index in [2.05, 4.69) is 0 Å². The first kappa shape index (κ1) is 14.3. The van der Waals surface area contributed by atoms with Crippen LogP contribution >= 0.6 is 22.6 Å². The topological polar surface area (TPSA) is 29.3 Å². The first-order chi connectivity index (χ1) is 7.70. The van der Waals surface area contributed by atoms with E-state index in [0.717, 1.165) is 6.07 Å². The molecule has 0 heterocycles. The van der Waals surface area contributed by atoms with E-state index in [1.807, 2.05) is 0 Å². The molecule has 0 saturated carbocycles. The fourth-order valence-corrected chi connectivity index (χ4v) is 1.79. The average Bonchev–Trinajstić information content (AvgIpc) is 2.19. The van der Waals surface area contributed by atoms with Gasteiger partial charge in [0.1, 0.15) is 5.82 Å². The van der Waals surface area contributed by atoms with Gasteiger partial charge in [-0.25, -0.2) is 4.39 Å². The van der Waals surface area contributed by atoms with Crippen LogP contribution in [0.1, 0.15) is 6.42 Å². The Morgan fingerprint density at radius 2 is 1.94 bits per heavy atom. The average molecular weight is 362 g/mol. The lowest BCUT2D eigenvalue weighted by Gasteiger charge is -2.22. The van der Waals surface area contributed by atoms with Crippen LogP contribution in [0.4, 0.5) is 28.9 Å². The lowest BCUT2D eigenvalue weighted by atomic mass is 10.2. The monoisotopic (exact) mass is 362 g/mol. The van der Waals surface area contributed by atoms with Crippen molar-refractivity contribution in [1.29, 1.82) is 0 Å². The van der Waals surface area contributed by atoms with E-state index >= 15 is 0 Å². The number of hydrogen-bond donors (Lipinski definition) is 1. The van der Waals surface area contributed by atoms with Crippen molar-refractivity contribution in [2.24, 2.45) is 0 Å². The largest absolute Gasteiger partial charge is 0.397 e. The minimum Gasteiger partial charge on any atom is -0.397 e. The summed E-state index contributed by atoms with van der Waals surface area (Å²) in [6.07, 6.45) is -5.19. The third-order valence-corrected chi connectivity index (χ3v) is 3.04. The van der Waals surface area contributed by atoms with E-state index in [1.165, 1.54) is 18.0 Å². The molecule has 2 N–H and O–H groups in total. The Hall–Kier alpha value is -0.730. The van der Waals surface area contributed by atoms with E-state index in [4.69, 9.17) is 5.73 Å². The van der Waals surface area contributed by atoms with E-state index in [9.17, 15) is 17.6 Å². The molecule has 0 amide bonds. The molecule has 0 spiro atoms. The highest BCUT2D eigenvalue weighted by molar-refractivity contribution is 14.1. The molecule has 1 aromatic rings. The molecule has 96 valence electrons. The van der Waals surface area contributed by atoms with Gasteiger partial charge >= 0.3 is 6.18 Å². The van der Waals surface area contributed by atoms with Gasteiger partial charge in [0.25, 0.3) is 0 Å². The molecule has 0 aromatic heterocycles. The molecule has 2 nitrogen and oxygen atoms in total. The highest BCUT2D eigenvalue weighted by Crippen LogP contribution is 2.28. The van der Waals surface area contributed by atoms with Gasteiger partial charge < -0.3 is 10.6 Å². The predicted octanol–water partition coefficient (Wildman–Crippen LogP) is 3.40. The normalized spacial score (nSPS) is 11.6. The molecule has 7 heteroatoms. The highest BCUT2D eigenvalue weighted by atomic mass is 127. The summed E-state index contributed by atoms with van der Waals surface area (Å²) in [6.45, 7) is -0.256. The van der Waals surface area contributed by atoms with Crippen LogP contribution in [0.3, 0.4) is 0 Å². The summed E-state index contributed by atoms with van der Waals surface area (Å²) in [7, 11) is 1.45. The van der Waals surface area contributed by atoms with Gasteiger partial charge in [0.05, 0.1) is 21.4 Å². The second-order valence-corrected chi connectivity index (χ2v) is 4.77. The fraction of sp³-hybridized carbons (Fsp3) is 0.400. The Labute approximate surface area is 110 Å². The number of nitrogens with two attached hydrogens (primary N) is 1.